The van der Waals surface area contributed by atoms with Crippen molar-refractivity contribution in [3.8, 4) is 22.7 Å². The van der Waals surface area contributed by atoms with E-state index in [4.69, 9.17) is 9.52 Å². The predicted molar refractivity (Wildman–Crippen MR) is 137 cm³/mol. The maximum Gasteiger partial charge on any atom is 0.307 e. The third kappa shape index (κ3) is 6.10. The summed E-state index contributed by atoms with van der Waals surface area (Å²) in [5.41, 5.74) is 3.20. The first-order valence-electron chi connectivity index (χ1n) is 11.9. The van der Waals surface area contributed by atoms with E-state index in [-0.39, 0.29) is 30.0 Å². The van der Waals surface area contributed by atoms with Crippen molar-refractivity contribution in [2.75, 3.05) is 5.32 Å². The number of carboxylic acid groups (broad SMARTS) is 1. The van der Waals surface area contributed by atoms with Crippen LogP contribution in [0.25, 0.3) is 22.7 Å². The fourth-order valence-corrected chi connectivity index (χ4v) is 3.81. The minimum Gasteiger partial charge on any atom is -0.481 e. The lowest BCUT2D eigenvalue weighted by molar-refractivity contribution is -0.136. The molecule has 2 amide bonds. The molecule has 0 radical (unpaired) electrons. The summed E-state index contributed by atoms with van der Waals surface area (Å²) in [7, 11) is 0. The third-order valence-corrected chi connectivity index (χ3v) is 5.89. The second-order valence-corrected chi connectivity index (χ2v) is 8.45. The van der Waals surface area contributed by atoms with Crippen molar-refractivity contribution in [3.63, 3.8) is 0 Å². The molecule has 0 unspecified atom stereocenters. The van der Waals surface area contributed by atoms with Crippen LogP contribution in [0.2, 0.25) is 0 Å². The summed E-state index contributed by atoms with van der Waals surface area (Å²) in [5.74, 6) is -1.57. The molecule has 4 N–H and O–H groups in total. The zero-order chi connectivity index (χ0) is 26.4. The quantitative estimate of drug-likeness (QED) is 0.249. The fraction of sp³-hybridized carbons (Fsp3) is 0.222. The van der Waals surface area contributed by atoms with Gasteiger partial charge in [0.15, 0.2) is 5.69 Å². The number of benzene rings is 2. The van der Waals surface area contributed by atoms with Crippen molar-refractivity contribution in [2.45, 2.75) is 39.2 Å². The molecule has 0 aliphatic carbocycles. The Balaban J connectivity index is 1.49. The molecule has 10 heteroatoms. The largest absolute Gasteiger partial charge is 0.481 e. The van der Waals surface area contributed by atoms with Gasteiger partial charge in [-0.15, -0.1) is 0 Å². The topological polar surface area (TPSA) is 150 Å². The maximum absolute atomic E-state index is 12.7. The Bertz CT molecular complexity index is 1420. The number of anilines is 1. The molecule has 2 aromatic heterocycles. The molecule has 4 rings (SSSR count). The number of amides is 2. The molecule has 0 spiro atoms. The predicted octanol–water partition coefficient (Wildman–Crippen LogP) is 4.53. The number of nitrogens with zero attached hydrogens (tertiary/aromatic N) is 2. The number of para-hydroxylation sites is 1. The van der Waals surface area contributed by atoms with Crippen molar-refractivity contribution in [3.05, 3.63) is 77.8 Å². The number of aromatic amines is 1. The number of hydrogen-bond donors (Lipinski definition) is 4. The lowest BCUT2D eigenvalue weighted by Gasteiger charge is -2.13. The number of carboxylic acids is 1. The summed E-state index contributed by atoms with van der Waals surface area (Å²) in [5, 5.41) is 21.8. The van der Waals surface area contributed by atoms with Gasteiger partial charge in [0.2, 0.25) is 11.7 Å². The van der Waals surface area contributed by atoms with Gasteiger partial charge in [-0.05, 0) is 42.7 Å². The smallest absolute Gasteiger partial charge is 0.307 e. The molecule has 0 saturated carbocycles. The number of aliphatic carboxylic acids is 1. The van der Waals surface area contributed by atoms with Gasteiger partial charge in [-0.1, -0.05) is 44.2 Å². The van der Waals surface area contributed by atoms with E-state index in [1.54, 1.807) is 36.4 Å². The summed E-state index contributed by atoms with van der Waals surface area (Å²) in [6.07, 6.45) is 2.77. The average Bonchev–Trinajstić information content (AvgIpc) is 3.59. The number of carbonyl (C=O) groups excluding carboxylic acids is 2. The lowest BCUT2D eigenvalue weighted by Crippen LogP contribution is -2.33. The zero-order valence-electron chi connectivity index (χ0n) is 20.4. The van der Waals surface area contributed by atoms with Gasteiger partial charge >= 0.3 is 5.97 Å². The molecule has 0 aliphatic heterocycles. The summed E-state index contributed by atoms with van der Waals surface area (Å²) in [6, 6.07) is 15.7. The highest BCUT2D eigenvalue weighted by molar-refractivity contribution is 6.03. The van der Waals surface area contributed by atoms with E-state index < -0.39 is 11.9 Å². The Kier molecular flexibility index (Phi) is 7.77. The Labute approximate surface area is 213 Å². The molecule has 0 fully saturated rings. The zero-order valence-corrected chi connectivity index (χ0v) is 20.4. The van der Waals surface area contributed by atoms with E-state index in [1.165, 1.54) is 6.20 Å². The molecule has 4 aromatic rings. The molecular formula is C27H27N5O5. The first kappa shape index (κ1) is 25.4. The van der Waals surface area contributed by atoms with Crippen LogP contribution in [-0.4, -0.2) is 44.1 Å². The minimum atomic E-state index is -1.00. The van der Waals surface area contributed by atoms with Crippen LogP contribution in [-0.2, 0) is 11.2 Å². The van der Waals surface area contributed by atoms with Crippen LogP contribution in [0.15, 0.2) is 65.2 Å². The van der Waals surface area contributed by atoms with E-state index in [0.717, 1.165) is 18.4 Å². The number of oxazole rings is 1. The normalized spacial score (nSPS) is 10.9. The van der Waals surface area contributed by atoms with Gasteiger partial charge in [-0.25, -0.2) is 4.98 Å². The van der Waals surface area contributed by atoms with E-state index in [1.807, 2.05) is 32.0 Å². The summed E-state index contributed by atoms with van der Waals surface area (Å²) in [6.45, 7) is 4.04. The SMILES string of the molecule is CCC(CC)NC(=O)c1cc(-c2cccc(-c3ncc(C(=O)Nc4ccccc4CC(=O)O)o3)c2)[nH]n1. The number of rotatable bonds is 10. The van der Waals surface area contributed by atoms with E-state index in [0.29, 0.717) is 28.2 Å². The Morgan fingerprint density at radius 3 is 2.51 bits per heavy atom. The molecule has 2 aromatic carbocycles. The maximum atomic E-state index is 12.7. The molecule has 190 valence electrons. The van der Waals surface area contributed by atoms with E-state index in [9.17, 15) is 14.4 Å². The molecule has 0 aliphatic rings. The summed E-state index contributed by atoms with van der Waals surface area (Å²) < 4.78 is 5.70. The van der Waals surface area contributed by atoms with Crippen molar-refractivity contribution >= 4 is 23.5 Å². The second-order valence-electron chi connectivity index (χ2n) is 8.45. The minimum absolute atomic E-state index is 0.0209. The van der Waals surface area contributed by atoms with Crippen LogP contribution < -0.4 is 10.6 Å². The van der Waals surface area contributed by atoms with Gasteiger partial charge in [0.25, 0.3) is 11.8 Å². The monoisotopic (exact) mass is 501 g/mol. The number of nitrogens with one attached hydrogen (secondary N) is 3. The molecule has 0 bridgehead atoms. The second kappa shape index (κ2) is 11.3. The van der Waals surface area contributed by atoms with E-state index >= 15 is 0 Å². The van der Waals surface area contributed by atoms with Gasteiger partial charge in [-0.2, -0.15) is 5.10 Å². The van der Waals surface area contributed by atoms with Gasteiger partial charge in [0.1, 0.15) is 0 Å². The van der Waals surface area contributed by atoms with Gasteiger partial charge < -0.3 is 20.2 Å². The molecule has 0 atom stereocenters. The molecule has 37 heavy (non-hydrogen) atoms. The summed E-state index contributed by atoms with van der Waals surface area (Å²) >= 11 is 0. The molecule has 10 nitrogen and oxygen atoms in total. The Morgan fingerprint density at radius 2 is 1.76 bits per heavy atom. The van der Waals surface area contributed by atoms with E-state index in [2.05, 4.69) is 25.8 Å². The van der Waals surface area contributed by atoms with Gasteiger partial charge in [0.05, 0.1) is 18.3 Å². The number of hydrogen-bond acceptors (Lipinski definition) is 6. The lowest BCUT2D eigenvalue weighted by atomic mass is 10.1. The average molecular weight is 502 g/mol. The van der Waals surface area contributed by atoms with Gasteiger partial charge in [0, 0.05) is 22.9 Å². The van der Waals surface area contributed by atoms with Crippen molar-refractivity contribution in [1.29, 1.82) is 0 Å². The van der Waals surface area contributed by atoms with Crippen molar-refractivity contribution in [1.82, 2.24) is 20.5 Å². The van der Waals surface area contributed by atoms with Crippen LogP contribution >= 0.6 is 0 Å². The first-order valence-corrected chi connectivity index (χ1v) is 11.9. The van der Waals surface area contributed by atoms with Crippen molar-refractivity contribution in [2.24, 2.45) is 0 Å². The number of aromatic nitrogens is 3. The fourth-order valence-electron chi connectivity index (χ4n) is 3.81. The Morgan fingerprint density at radius 1 is 1.00 bits per heavy atom. The van der Waals surface area contributed by atoms with Crippen LogP contribution in [0.3, 0.4) is 0 Å². The van der Waals surface area contributed by atoms with Crippen molar-refractivity contribution < 1.29 is 23.9 Å². The van der Waals surface area contributed by atoms with Gasteiger partial charge in [-0.3, -0.25) is 19.5 Å². The van der Waals surface area contributed by atoms with Crippen LogP contribution in [0.4, 0.5) is 5.69 Å². The highest BCUT2D eigenvalue weighted by atomic mass is 16.4. The van der Waals surface area contributed by atoms with Crippen LogP contribution in [0, 0.1) is 0 Å². The summed E-state index contributed by atoms with van der Waals surface area (Å²) in [4.78, 5) is 40.5. The molecular weight excluding hydrogens is 474 g/mol. The third-order valence-electron chi connectivity index (χ3n) is 5.89. The number of carbonyl (C=O) groups is 3. The highest BCUT2D eigenvalue weighted by Gasteiger charge is 2.18. The molecule has 0 saturated heterocycles. The standard InChI is InChI=1S/C27H27N5O5/c1-3-19(4-2)29-25(35)22-14-21(31-32-22)16-9-7-10-18(12-16)27-28-15-23(37-27)26(36)30-20-11-6-5-8-17(20)13-24(33)34/h5-12,14-15,19H,3-4,13H2,1-2H3,(H,29,35)(H,30,36)(H,31,32)(H,33,34). The first-order chi connectivity index (χ1) is 17.9. The highest BCUT2D eigenvalue weighted by Crippen LogP contribution is 2.26. The number of H-pyrrole nitrogens is 1. The van der Waals surface area contributed by atoms with Crippen LogP contribution in [0.5, 0.6) is 0 Å². The molecule has 2 heterocycles. The Hall–Kier alpha value is -4.73. The van der Waals surface area contributed by atoms with Crippen LogP contribution in [0.1, 0.15) is 53.3 Å².